The number of aliphatic hydroxyl groups excluding tert-OH is 1. The molecule has 0 radical (unpaired) electrons. The average Bonchev–Trinajstić information content (AvgIpc) is 2.55. The number of ether oxygens (including phenoxy) is 2. The van der Waals surface area contributed by atoms with Gasteiger partial charge in [0.05, 0.1) is 11.8 Å². The van der Waals surface area contributed by atoms with Crippen LogP contribution in [0.1, 0.15) is 53.0 Å². The molecule has 0 aromatic heterocycles. The first kappa shape index (κ1) is 22.2. The highest BCUT2D eigenvalue weighted by atomic mass is 16.6. The van der Waals surface area contributed by atoms with Crippen LogP contribution in [0.2, 0.25) is 0 Å². The van der Waals surface area contributed by atoms with Crippen molar-refractivity contribution in [1.82, 2.24) is 0 Å². The molecule has 0 saturated heterocycles. The average molecular weight is 364 g/mol. The molecule has 0 aliphatic rings. The molecule has 1 aromatic carbocycles. The summed E-state index contributed by atoms with van der Waals surface area (Å²) in [6, 6.07) is 9.41. The highest BCUT2D eigenvalue weighted by molar-refractivity contribution is 5.82. The lowest BCUT2D eigenvalue weighted by Gasteiger charge is -2.28. The van der Waals surface area contributed by atoms with Crippen LogP contribution in [0.4, 0.5) is 0 Å². The zero-order valence-electron chi connectivity index (χ0n) is 16.5. The minimum absolute atomic E-state index is 0.161. The molecule has 26 heavy (non-hydrogen) atoms. The van der Waals surface area contributed by atoms with Gasteiger partial charge in [0.2, 0.25) is 0 Å². The van der Waals surface area contributed by atoms with Gasteiger partial charge >= 0.3 is 11.9 Å². The number of rotatable bonds is 9. The fourth-order valence-electron chi connectivity index (χ4n) is 2.77. The molecule has 0 amide bonds. The van der Waals surface area contributed by atoms with Crippen molar-refractivity contribution in [2.75, 3.05) is 6.61 Å². The van der Waals surface area contributed by atoms with Gasteiger partial charge in [-0.1, -0.05) is 44.2 Å². The van der Waals surface area contributed by atoms with Crippen molar-refractivity contribution in [3.05, 3.63) is 35.9 Å². The Bertz CT molecular complexity index is 560. The largest absolute Gasteiger partial charge is 0.461 e. The summed E-state index contributed by atoms with van der Waals surface area (Å²) in [5, 5.41) is 9.40. The second kappa shape index (κ2) is 10.3. The van der Waals surface area contributed by atoms with E-state index in [1.165, 1.54) is 0 Å². The van der Waals surface area contributed by atoms with E-state index in [0.717, 1.165) is 5.56 Å². The molecule has 5 nitrogen and oxygen atoms in total. The second-order valence-corrected chi connectivity index (χ2v) is 7.98. The molecule has 0 bridgehead atoms. The van der Waals surface area contributed by atoms with Crippen LogP contribution in [0, 0.1) is 17.8 Å². The third-order valence-electron chi connectivity index (χ3n) is 3.89. The molecule has 1 N–H and O–H groups in total. The quantitative estimate of drug-likeness (QED) is 0.676. The van der Waals surface area contributed by atoms with E-state index < -0.39 is 29.4 Å². The summed E-state index contributed by atoms with van der Waals surface area (Å²) < 4.78 is 10.9. The Morgan fingerprint density at radius 2 is 1.65 bits per heavy atom. The summed E-state index contributed by atoms with van der Waals surface area (Å²) in [6.07, 6.45) is 0.671. The van der Waals surface area contributed by atoms with Crippen LogP contribution >= 0.6 is 0 Å². The van der Waals surface area contributed by atoms with Crippen molar-refractivity contribution in [3.63, 3.8) is 0 Å². The Morgan fingerprint density at radius 1 is 1.04 bits per heavy atom. The summed E-state index contributed by atoms with van der Waals surface area (Å²) in [4.78, 5) is 25.3. The van der Waals surface area contributed by atoms with Crippen molar-refractivity contribution in [2.45, 2.75) is 59.7 Å². The van der Waals surface area contributed by atoms with E-state index in [1.54, 1.807) is 20.8 Å². The molecule has 146 valence electrons. The van der Waals surface area contributed by atoms with E-state index in [1.807, 2.05) is 44.2 Å². The van der Waals surface area contributed by atoms with Crippen molar-refractivity contribution < 1.29 is 24.2 Å². The normalized spacial score (nSPS) is 14.0. The van der Waals surface area contributed by atoms with E-state index in [2.05, 4.69) is 0 Å². The Labute approximate surface area is 156 Å². The van der Waals surface area contributed by atoms with Crippen molar-refractivity contribution in [3.8, 4) is 0 Å². The topological polar surface area (TPSA) is 72.8 Å². The first-order chi connectivity index (χ1) is 12.1. The number of benzene rings is 1. The van der Waals surface area contributed by atoms with E-state index in [-0.39, 0.29) is 25.6 Å². The molecule has 0 unspecified atom stereocenters. The van der Waals surface area contributed by atoms with Gasteiger partial charge in [-0.05, 0) is 45.1 Å². The Hall–Kier alpha value is -1.88. The van der Waals surface area contributed by atoms with Crippen LogP contribution in [0.25, 0.3) is 0 Å². The second-order valence-electron chi connectivity index (χ2n) is 7.98. The van der Waals surface area contributed by atoms with Crippen LogP contribution < -0.4 is 0 Å². The van der Waals surface area contributed by atoms with Crippen LogP contribution in [0.15, 0.2) is 30.3 Å². The summed E-state index contributed by atoms with van der Waals surface area (Å²) in [7, 11) is 0. The van der Waals surface area contributed by atoms with E-state index in [0.29, 0.717) is 6.42 Å². The maximum absolute atomic E-state index is 12.7. The summed E-state index contributed by atoms with van der Waals surface area (Å²) >= 11 is 0. The fourth-order valence-corrected chi connectivity index (χ4v) is 2.77. The van der Waals surface area contributed by atoms with Gasteiger partial charge in [-0.15, -0.1) is 0 Å². The number of carbonyl (C=O) groups excluding carboxylic acids is 2. The Balaban J connectivity index is 2.91. The van der Waals surface area contributed by atoms with Crippen LogP contribution in [-0.4, -0.2) is 29.3 Å². The zero-order valence-corrected chi connectivity index (χ0v) is 16.5. The highest BCUT2D eigenvalue weighted by Gasteiger charge is 2.37. The monoisotopic (exact) mass is 364 g/mol. The highest BCUT2D eigenvalue weighted by Crippen LogP contribution is 2.28. The lowest BCUT2D eigenvalue weighted by molar-refractivity contribution is -0.170. The molecule has 1 rings (SSSR count). The number of carbonyl (C=O) groups is 2. The third kappa shape index (κ3) is 8.00. The molecular weight excluding hydrogens is 332 g/mol. The lowest BCUT2D eigenvalue weighted by atomic mass is 9.83. The van der Waals surface area contributed by atoms with Gasteiger partial charge in [-0.2, -0.15) is 0 Å². The number of esters is 2. The van der Waals surface area contributed by atoms with Gasteiger partial charge in [-0.3, -0.25) is 9.59 Å². The van der Waals surface area contributed by atoms with Crippen molar-refractivity contribution in [1.29, 1.82) is 0 Å². The maximum atomic E-state index is 12.7. The van der Waals surface area contributed by atoms with E-state index in [4.69, 9.17) is 9.47 Å². The zero-order chi connectivity index (χ0) is 19.7. The summed E-state index contributed by atoms with van der Waals surface area (Å²) in [5.41, 5.74) is 0.237. The first-order valence-corrected chi connectivity index (χ1v) is 9.18. The minimum atomic E-state index is -0.718. The predicted molar refractivity (Wildman–Crippen MR) is 100 cm³/mol. The van der Waals surface area contributed by atoms with Gasteiger partial charge in [0.25, 0.3) is 0 Å². The van der Waals surface area contributed by atoms with Gasteiger partial charge in [0.15, 0.2) is 0 Å². The van der Waals surface area contributed by atoms with Gasteiger partial charge in [-0.25, -0.2) is 0 Å². The molecule has 0 saturated carbocycles. The molecule has 0 heterocycles. The van der Waals surface area contributed by atoms with Gasteiger partial charge in [0.1, 0.15) is 12.2 Å². The predicted octanol–water partition coefficient (Wildman–Crippen LogP) is 3.73. The molecule has 0 aliphatic heterocycles. The summed E-state index contributed by atoms with van der Waals surface area (Å²) in [6.45, 7) is 9.30. The van der Waals surface area contributed by atoms with Crippen molar-refractivity contribution >= 4 is 11.9 Å². The molecular formula is C21H32O5. The SMILES string of the molecule is CC(C)C[C@@H](C(=O)OCc1ccccc1)[C@H](CCO)C(=O)OC(C)(C)C. The molecule has 2 atom stereocenters. The number of hydrogen-bond acceptors (Lipinski definition) is 5. The Kier molecular flexibility index (Phi) is 8.79. The molecule has 0 aliphatic carbocycles. The minimum Gasteiger partial charge on any atom is -0.461 e. The molecule has 5 heteroatoms. The Morgan fingerprint density at radius 3 is 2.15 bits per heavy atom. The van der Waals surface area contributed by atoms with E-state index in [9.17, 15) is 14.7 Å². The van der Waals surface area contributed by atoms with Crippen LogP contribution in [0.3, 0.4) is 0 Å². The van der Waals surface area contributed by atoms with E-state index >= 15 is 0 Å². The molecule has 0 fully saturated rings. The first-order valence-electron chi connectivity index (χ1n) is 9.18. The van der Waals surface area contributed by atoms with Gasteiger partial charge < -0.3 is 14.6 Å². The van der Waals surface area contributed by atoms with Crippen LogP contribution in [-0.2, 0) is 25.7 Å². The molecule has 0 spiro atoms. The number of hydrogen-bond donors (Lipinski definition) is 1. The standard InChI is InChI=1S/C21H32O5/c1-15(2)13-18(17(11-12-22)20(24)26-21(3,4)5)19(23)25-14-16-9-7-6-8-10-16/h6-10,15,17-18,22H,11-14H2,1-5H3/t17-,18+/m0/s1. The van der Waals surface area contributed by atoms with Gasteiger partial charge in [0, 0.05) is 6.61 Å². The van der Waals surface area contributed by atoms with Crippen LogP contribution in [0.5, 0.6) is 0 Å². The third-order valence-corrected chi connectivity index (χ3v) is 3.89. The smallest absolute Gasteiger partial charge is 0.310 e. The van der Waals surface area contributed by atoms with Crippen molar-refractivity contribution in [2.24, 2.45) is 17.8 Å². The lowest BCUT2D eigenvalue weighted by Crippen LogP contribution is -2.37. The fraction of sp³-hybridized carbons (Fsp3) is 0.619. The summed E-state index contributed by atoms with van der Waals surface area (Å²) in [5.74, 6) is -2.04. The molecule has 1 aromatic rings. The maximum Gasteiger partial charge on any atom is 0.310 e. The number of aliphatic hydroxyl groups is 1.